The standard InChI is InChI=1S/C12H19NO2/c1-10(12-3-2-8-15-12)13-6-4-11(9-14)5-7-13/h2-3,8,10-11,14H,4-7,9H2,1H3. The Kier molecular flexibility index (Phi) is 3.44. The second kappa shape index (κ2) is 4.81. The quantitative estimate of drug-likeness (QED) is 0.827. The van der Waals surface area contributed by atoms with E-state index in [0.29, 0.717) is 18.6 Å². The lowest BCUT2D eigenvalue weighted by molar-refractivity contribution is 0.0979. The molecule has 1 aliphatic heterocycles. The van der Waals surface area contributed by atoms with Gasteiger partial charge in [-0.15, -0.1) is 0 Å². The third-order valence-electron chi connectivity index (χ3n) is 3.41. The normalized spacial score (nSPS) is 21.7. The maximum atomic E-state index is 9.06. The van der Waals surface area contributed by atoms with E-state index in [2.05, 4.69) is 11.8 Å². The zero-order chi connectivity index (χ0) is 10.7. The Morgan fingerprint density at radius 2 is 2.27 bits per heavy atom. The van der Waals surface area contributed by atoms with Gasteiger partial charge in [0.05, 0.1) is 12.3 Å². The van der Waals surface area contributed by atoms with Gasteiger partial charge in [-0.2, -0.15) is 0 Å². The minimum Gasteiger partial charge on any atom is -0.468 e. The van der Waals surface area contributed by atoms with Crippen molar-refractivity contribution < 1.29 is 9.52 Å². The van der Waals surface area contributed by atoms with Gasteiger partial charge in [0.15, 0.2) is 0 Å². The van der Waals surface area contributed by atoms with Crippen molar-refractivity contribution in [2.75, 3.05) is 19.7 Å². The van der Waals surface area contributed by atoms with Gasteiger partial charge in [0.1, 0.15) is 5.76 Å². The second-order valence-electron chi connectivity index (χ2n) is 4.35. The minimum absolute atomic E-state index is 0.336. The molecule has 0 saturated carbocycles. The SMILES string of the molecule is CC(c1ccco1)N1CCC(CO)CC1. The molecule has 1 fully saturated rings. The largest absolute Gasteiger partial charge is 0.468 e. The summed E-state index contributed by atoms with van der Waals surface area (Å²) in [4.78, 5) is 2.42. The van der Waals surface area contributed by atoms with Gasteiger partial charge in [-0.1, -0.05) is 0 Å². The molecule has 0 aromatic carbocycles. The molecule has 3 heteroatoms. The molecule has 2 heterocycles. The van der Waals surface area contributed by atoms with E-state index >= 15 is 0 Å². The fourth-order valence-corrected chi connectivity index (χ4v) is 2.23. The molecular formula is C12H19NO2. The molecule has 1 atom stereocenters. The number of aliphatic hydroxyl groups is 1. The number of hydrogen-bond acceptors (Lipinski definition) is 3. The van der Waals surface area contributed by atoms with Crippen LogP contribution in [0.4, 0.5) is 0 Å². The molecule has 1 saturated heterocycles. The molecular weight excluding hydrogens is 190 g/mol. The lowest BCUT2D eigenvalue weighted by Crippen LogP contribution is -2.36. The Balaban J connectivity index is 1.90. The van der Waals surface area contributed by atoms with Crippen molar-refractivity contribution in [1.82, 2.24) is 4.90 Å². The third kappa shape index (κ3) is 2.41. The van der Waals surface area contributed by atoms with E-state index in [1.54, 1.807) is 6.26 Å². The average Bonchev–Trinajstić information content (AvgIpc) is 2.82. The van der Waals surface area contributed by atoms with Gasteiger partial charge in [0, 0.05) is 6.61 Å². The molecule has 3 nitrogen and oxygen atoms in total. The van der Waals surface area contributed by atoms with Crippen molar-refractivity contribution in [3.05, 3.63) is 24.2 Å². The van der Waals surface area contributed by atoms with E-state index < -0.39 is 0 Å². The first-order valence-electron chi connectivity index (χ1n) is 5.69. The molecule has 0 spiro atoms. The second-order valence-corrected chi connectivity index (χ2v) is 4.35. The van der Waals surface area contributed by atoms with Gasteiger partial charge in [0.25, 0.3) is 0 Å². The summed E-state index contributed by atoms with van der Waals surface area (Å²) in [6.45, 7) is 4.64. The zero-order valence-corrected chi connectivity index (χ0v) is 9.22. The number of furan rings is 1. The lowest BCUT2D eigenvalue weighted by Gasteiger charge is -2.34. The molecule has 84 valence electrons. The number of nitrogens with zero attached hydrogens (tertiary/aromatic N) is 1. The highest BCUT2D eigenvalue weighted by molar-refractivity contribution is 5.03. The summed E-state index contributed by atoms with van der Waals surface area (Å²) in [5, 5.41) is 9.06. The molecule has 2 rings (SSSR count). The van der Waals surface area contributed by atoms with E-state index in [9.17, 15) is 0 Å². The lowest BCUT2D eigenvalue weighted by atomic mass is 9.96. The highest BCUT2D eigenvalue weighted by atomic mass is 16.3. The maximum Gasteiger partial charge on any atom is 0.120 e. The van der Waals surface area contributed by atoms with Crippen LogP contribution in [-0.4, -0.2) is 29.7 Å². The van der Waals surface area contributed by atoms with Crippen LogP contribution >= 0.6 is 0 Å². The number of hydrogen-bond donors (Lipinski definition) is 1. The molecule has 1 aromatic heterocycles. The Bertz CT molecular complexity index is 276. The van der Waals surface area contributed by atoms with Gasteiger partial charge in [0.2, 0.25) is 0 Å². The molecule has 15 heavy (non-hydrogen) atoms. The number of piperidine rings is 1. The van der Waals surface area contributed by atoms with Crippen LogP contribution in [-0.2, 0) is 0 Å². The number of likely N-dealkylation sites (tertiary alicyclic amines) is 1. The smallest absolute Gasteiger partial charge is 0.120 e. The first kappa shape index (κ1) is 10.7. The van der Waals surface area contributed by atoms with Crippen LogP contribution in [0, 0.1) is 5.92 Å². The summed E-state index contributed by atoms with van der Waals surface area (Å²) in [5.41, 5.74) is 0. The molecule has 0 aliphatic carbocycles. The summed E-state index contributed by atoms with van der Waals surface area (Å²) in [5.74, 6) is 1.54. The van der Waals surface area contributed by atoms with E-state index in [4.69, 9.17) is 9.52 Å². The van der Waals surface area contributed by atoms with Crippen molar-refractivity contribution in [2.45, 2.75) is 25.8 Å². The van der Waals surface area contributed by atoms with Crippen LogP contribution in [0.5, 0.6) is 0 Å². The minimum atomic E-state index is 0.336. The van der Waals surface area contributed by atoms with Crippen molar-refractivity contribution >= 4 is 0 Å². The fraction of sp³-hybridized carbons (Fsp3) is 0.667. The molecule has 0 amide bonds. The van der Waals surface area contributed by atoms with E-state index in [-0.39, 0.29) is 0 Å². The first-order valence-corrected chi connectivity index (χ1v) is 5.69. The monoisotopic (exact) mass is 209 g/mol. The summed E-state index contributed by atoms with van der Waals surface area (Å²) in [7, 11) is 0. The molecule has 1 unspecified atom stereocenters. The average molecular weight is 209 g/mol. The van der Waals surface area contributed by atoms with Crippen LogP contribution in [0.15, 0.2) is 22.8 Å². The zero-order valence-electron chi connectivity index (χ0n) is 9.22. The number of rotatable bonds is 3. The topological polar surface area (TPSA) is 36.6 Å². The maximum absolute atomic E-state index is 9.06. The Morgan fingerprint density at radius 3 is 2.80 bits per heavy atom. The van der Waals surface area contributed by atoms with Crippen molar-refractivity contribution in [2.24, 2.45) is 5.92 Å². The van der Waals surface area contributed by atoms with Gasteiger partial charge in [-0.05, 0) is 50.9 Å². The Hall–Kier alpha value is -0.800. The van der Waals surface area contributed by atoms with E-state index in [0.717, 1.165) is 31.7 Å². The Morgan fingerprint density at radius 1 is 1.53 bits per heavy atom. The summed E-state index contributed by atoms with van der Waals surface area (Å²) >= 11 is 0. The molecule has 0 radical (unpaired) electrons. The van der Waals surface area contributed by atoms with Crippen LogP contribution in [0.2, 0.25) is 0 Å². The van der Waals surface area contributed by atoms with Gasteiger partial charge >= 0.3 is 0 Å². The van der Waals surface area contributed by atoms with E-state index in [1.807, 2.05) is 12.1 Å². The summed E-state index contributed by atoms with van der Waals surface area (Å²) in [6.07, 6.45) is 3.93. The number of aliphatic hydroxyl groups excluding tert-OH is 1. The molecule has 0 bridgehead atoms. The van der Waals surface area contributed by atoms with Gasteiger partial charge in [-0.25, -0.2) is 0 Å². The predicted molar refractivity (Wildman–Crippen MR) is 58.5 cm³/mol. The third-order valence-corrected chi connectivity index (χ3v) is 3.41. The summed E-state index contributed by atoms with van der Waals surface area (Å²) in [6, 6.07) is 4.33. The molecule has 1 N–H and O–H groups in total. The van der Waals surface area contributed by atoms with E-state index in [1.165, 1.54) is 0 Å². The van der Waals surface area contributed by atoms with Crippen LogP contribution in [0.1, 0.15) is 31.6 Å². The van der Waals surface area contributed by atoms with Crippen molar-refractivity contribution in [1.29, 1.82) is 0 Å². The molecule has 1 aliphatic rings. The van der Waals surface area contributed by atoms with Crippen LogP contribution < -0.4 is 0 Å². The van der Waals surface area contributed by atoms with Crippen molar-refractivity contribution in [3.63, 3.8) is 0 Å². The van der Waals surface area contributed by atoms with Crippen molar-refractivity contribution in [3.8, 4) is 0 Å². The fourth-order valence-electron chi connectivity index (χ4n) is 2.23. The summed E-state index contributed by atoms with van der Waals surface area (Å²) < 4.78 is 5.41. The van der Waals surface area contributed by atoms with Crippen LogP contribution in [0.25, 0.3) is 0 Å². The first-order chi connectivity index (χ1) is 7.31. The Labute approximate surface area is 90.7 Å². The predicted octanol–water partition coefficient (Wildman–Crippen LogP) is 2.04. The van der Waals surface area contributed by atoms with Crippen LogP contribution in [0.3, 0.4) is 0 Å². The van der Waals surface area contributed by atoms with Gasteiger partial charge < -0.3 is 9.52 Å². The van der Waals surface area contributed by atoms with Gasteiger partial charge in [-0.3, -0.25) is 4.90 Å². The highest BCUT2D eigenvalue weighted by Gasteiger charge is 2.24. The molecule has 1 aromatic rings. The highest BCUT2D eigenvalue weighted by Crippen LogP contribution is 2.26.